The van der Waals surface area contributed by atoms with E-state index in [9.17, 15) is 4.79 Å². The predicted molar refractivity (Wildman–Crippen MR) is 71.5 cm³/mol. The highest BCUT2D eigenvalue weighted by Gasteiger charge is 2.10. The summed E-state index contributed by atoms with van der Waals surface area (Å²) in [6, 6.07) is 7.27. The van der Waals surface area contributed by atoms with Crippen molar-refractivity contribution in [3.05, 3.63) is 51.2 Å². The van der Waals surface area contributed by atoms with Crippen molar-refractivity contribution in [2.24, 2.45) is 0 Å². The summed E-state index contributed by atoms with van der Waals surface area (Å²) in [5.74, 6) is -0.139. The summed E-state index contributed by atoms with van der Waals surface area (Å²) in [6.45, 7) is 4.25. The molecular formula is C14H14O3S. The SMILES string of the molecule is Cc1cc(C(=O)O)cc(C)c1OCc1cccs1. The van der Waals surface area contributed by atoms with Gasteiger partial charge in [0.2, 0.25) is 0 Å². The van der Waals surface area contributed by atoms with Gasteiger partial charge in [-0.15, -0.1) is 11.3 Å². The van der Waals surface area contributed by atoms with Crippen LogP contribution in [0.25, 0.3) is 0 Å². The van der Waals surface area contributed by atoms with Crippen molar-refractivity contribution < 1.29 is 14.6 Å². The molecule has 1 N–H and O–H groups in total. The number of thiophene rings is 1. The van der Waals surface area contributed by atoms with Crippen LogP contribution in [0, 0.1) is 13.8 Å². The lowest BCUT2D eigenvalue weighted by molar-refractivity contribution is 0.0696. The Morgan fingerprint density at radius 1 is 1.33 bits per heavy atom. The molecule has 0 amide bonds. The van der Waals surface area contributed by atoms with Crippen LogP contribution >= 0.6 is 11.3 Å². The number of hydrogen-bond donors (Lipinski definition) is 1. The maximum absolute atomic E-state index is 10.9. The van der Waals surface area contributed by atoms with E-state index < -0.39 is 5.97 Å². The first-order valence-electron chi connectivity index (χ1n) is 5.57. The van der Waals surface area contributed by atoms with E-state index in [1.165, 1.54) is 0 Å². The third-order valence-electron chi connectivity index (χ3n) is 2.65. The molecule has 1 aromatic carbocycles. The van der Waals surface area contributed by atoms with E-state index in [-0.39, 0.29) is 0 Å². The number of carbonyl (C=O) groups is 1. The third-order valence-corrected chi connectivity index (χ3v) is 3.50. The smallest absolute Gasteiger partial charge is 0.335 e. The molecule has 4 heteroatoms. The lowest BCUT2D eigenvalue weighted by Gasteiger charge is -2.12. The lowest BCUT2D eigenvalue weighted by atomic mass is 10.1. The molecule has 0 aliphatic carbocycles. The zero-order valence-electron chi connectivity index (χ0n) is 10.3. The summed E-state index contributed by atoms with van der Waals surface area (Å²) in [7, 11) is 0. The van der Waals surface area contributed by atoms with E-state index in [2.05, 4.69) is 0 Å². The molecule has 0 bridgehead atoms. The highest BCUT2D eigenvalue weighted by atomic mass is 32.1. The third kappa shape index (κ3) is 2.71. The van der Waals surface area contributed by atoms with E-state index in [1.807, 2.05) is 31.4 Å². The molecule has 94 valence electrons. The molecule has 0 saturated carbocycles. The molecule has 0 spiro atoms. The standard InChI is InChI=1S/C14H14O3S/c1-9-6-11(14(15)16)7-10(2)13(9)17-8-12-4-3-5-18-12/h3-7H,8H2,1-2H3,(H,15,16). The number of rotatable bonds is 4. The second kappa shape index (κ2) is 5.23. The number of ether oxygens (including phenoxy) is 1. The molecule has 18 heavy (non-hydrogen) atoms. The Morgan fingerprint density at radius 2 is 2.00 bits per heavy atom. The van der Waals surface area contributed by atoms with Gasteiger partial charge in [0, 0.05) is 4.88 Å². The van der Waals surface area contributed by atoms with Gasteiger partial charge < -0.3 is 9.84 Å². The van der Waals surface area contributed by atoms with Crippen molar-refractivity contribution in [2.75, 3.05) is 0 Å². The summed E-state index contributed by atoms with van der Waals surface area (Å²) >= 11 is 1.64. The van der Waals surface area contributed by atoms with Crippen molar-refractivity contribution in [1.82, 2.24) is 0 Å². The molecule has 0 atom stereocenters. The number of aromatic carboxylic acids is 1. The van der Waals surface area contributed by atoms with Gasteiger partial charge in [0.15, 0.2) is 0 Å². The Morgan fingerprint density at radius 3 is 2.50 bits per heavy atom. The first-order chi connectivity index (χ1) is 8.58. The molecule has 0 fully saturated rings. The summed E-state index contributed by atoms with van der Waals surface area (Å²) in [4.78, 5) is 12.1. The second-order valence-electron chi connectivity index (χ2n) is 4.11. The molecular weight excluding hydrogens is 248 g/mol. The zero-order valence-corrected chi connectivity index (χ0v) is 11.1. The summed E-state index contributed by atoms with van der Waals surface area (Å²) in [6.07, 6.45) is 0. The van der Waals surface area contributed by atoms with Gasteiger partial charge in [0.05, 0.1) is 5.56 Å². The minimum absolute atomic E-state index is 0.300. The molecule has 0 unspecified atom stereocenters. The van der Waals surface area contributed by atoms with E-state index in [0.29, 0.717) is 12.2 Å². The van der Waals surface area contributed by atoms with Crippen LogP contribution in [0.5, 0.6) is 5.75 Å². The maximum atomic E-state index is 10.9. The van der Waals surface area contributed by atoms with E-state index in [1.54, 1.807) is 23.5 Å². The number of carboxylic acids is 1. The molecule has 2 aromatic rings. The second-order valence-corrected chi connectivity index (χ2v) is 5.14. The Balaban J connectivity index is 2.20. The average Bonchev–Trinajstić information content (AvgIpc) is 2.80. The van der Waals surface area contributed by atoms with Gasteiger partial charge in [-0.05, 0) is 48.6 Å². The van der Waals surface area contributed by atoms with Gasteiger partial charge in [-0.3, -0.25) is 0 Å². The highest BCUT2D eigenvalue weighted by Crippen LogP contribution is 2.26. The fraction of sp³-hybridized carbons (Fsp3) is 0.214. The van der Waals surface area contributed by atoms with Crippen LogP contribution in [-0.4, -0.2) is 11.1 Å². The van der Waals surface area contributed by atoms with Crippen LogP contribution in [0.4, 0.5) is 0 Å². The summed E-state index contributed by atoms with van der Waals surface area (Å²) in [5, 5.41) is 11.0. The molecule has 0 radical (unpaired) electrons. The van der Waals surface area contributed by atoms with Crippen LogP contribution in [0.3, 0.4) is 0 Å². The average molecular weight is 262 g/mol. The number of benzene rings is 1. The predicted octanol–water partition coefficient (Wildman–Crippen LogP) is 3.64. The molecule has 1 heterocycles. The topological polar surface area (TPSA) is 46.5 Å². The zero-order chi connectivity index (χ0) is 13.1. The van der Waals surface area contributed by atoms with Crippen molar-refractivity contribution >= 4 is 17.3 Å². The molecule has 0 saturated heterocycles. The largest absolute Gasteiger partial charge is 0.488 e. The van der Waals surface area contributed by atoms with Crippen molar-refractivity contribution in [3.8, 4) is 5.75 Å². The maximum Gasteiger partial charge on any atom is 0.335 e. The highest BCUT2D eigenvalue weighted by molar-refractivity contribution is 7.09. The van der Waals surface area contributed by atoms with Crippen LogP contribution in [-0.2, 0) is 6.61 Å². The first-order valence-corrected chi connectivity index (χ1v) is 6.45. The Hall–Kier alpha value is -1.81. The van der Waals surface area contributed by atoms with Gasteiger partial charge >= 0.3 is 5.97 Å². The molecule has 0 aliphatic rings. The van der Waals surface area contributed by atoms with Gasteiger partial charge in [-0.1, -0.05) is 6.07 Å². The minimum atomic E-state index is -0.911. The van der Waals surface area contributed by atoms with Crippen LogP contribution in [0.1, 0.15) is 26.4 Å². The summed E-state index contributed by atoms with van der Waals surface area (Å²) < 4.78 is 5.76. The molecule has 1 aromatic heterocycles. The van der Waals surface area contributed by atoms with Crippen LogP contribution < -0.4 is 4.74 Å². The monoisotopic (exact) mass is 262 g/mol. The molecule has 3 nitrogen and oxygen atoms in total. The Bertz CT molecular complexity index is 535. The molecule has 0 aliphatic heterocycles. The normalized spacial score (nSPS) is 10.3. The van der Waals surface area contributed by atoms with Gasteiger partial charge in [0.1, 0.15) is 12.4 Å². The Labute approximate surface area is 110 Å². The van der Waals surface area contributed by atoms with Crippen LogP contribution in [0.2, 0.25) is 0 Å². The molecule has 2 rings (SSSR count). The summed E-state index contributed by atoms with van der Waals surface area (Å²) in [5.41, 5.74) is 2.00. The minimum Gasteiger partial charge on any atom is -0.488 e. The quantitative estimate of drug-likeness (QED) is 0.915. The van der Waals surface area contributed by atoms with E-state index in [4.69, 9.17) is 9.84 Å². The van der Waals surface area contributed by atoms with Crippen molar-refractivity contribution in [2.45, 2.75) is 20.5 Å². The van der Waals surface area contributed by atoms with Crippen molar-refractivity contribution in [1.29, 1.82) is 0 Å². The van der Waals surface area contributed by atoms with E-state index in [0.717, 1.165) is 21.8 Å². The van der Waals surface area contributed by atoms with Crippen molar-refractivity contribution in [3.63, 3.8) is 0 Å². The fourth-order valence-corrected chi connectivity index (χ4v) is 2.46. The van der Waals surface area contributed by atoms with Crippen LogP contribution in [0.15, 0.2) is 29.6 Å². The van der Waals surface area contributed by atoms with E-state index >= 15 is 0 Å². The number of carboxylic acid groups (broad SMARTS) is 1. The fourth-order valence-electron chi connectivity index (χ4n) is 1.84. The van der Waals surface area contributed by atoms with Gasteiger partial charge in [-0.25, -0.2) is 4.79 Å². The van der Waals surface area contributed by atoms with Gasteiger partial charge in [0.25, 0.3) is 0 Å². The number of aryl methyl sites for hydroxylation is 2. The number of hydrogen-bond acceptors (Lipinski definition) is 3. The van der Waals surface area contributed by atoms with Gasteiger partial charge in [-0.2, -0.15) is 0 Å². The Kier molecular flexibility index (Phi) is 3.67. The first kappa shape index (κ1) is 12.6. The lowest BCUT2D eigenvalue weighted by Crippen LogP contribution is -2.02.